The Hall–Kier alpha value is -3.42. The van der Waals surface area contributed by atoms with Crippen molar-refractivity contribution in [2.24, 2.45) is 0 Å². The summed E-state index contributed by atoms with van der Waals surface area (Å²) in [5.41, 5.74) is -2.04. The van der Waals surface area contributed by atoms with Crippen LogP contribution in [0.3, 0.4) is 0 Å². The monoisotopic (exact) mass is 376 g/mol. The van der Waals surface area contributed by atoms with E-state index < -0.39 is 23.4 Å². The number of benzene rings is 2. The first-order valence-corrected chi connectivity index (χ1v) is 7.70. The number of aromatic amines is 1. The summed E-state index contributed by atoms with van der Waals surface area (Å²) in [6.45, 7) is 0. The van der Waals surface area contributed by atoms with Gasteiger partial charge in [0.15, 0.2) is 11.6 Å². The lowest BCUT2D eigenvalue weighted by molar-refractivity contribution is -0.141. The summed E-state index contributed by atoms with van der Waals surface area (Å²) in [6.07, 6.45) is -2.07. The van der Waals surface area contributed by atoms with Gasteiger partial charge in [0, 0.05) is 0 Å². The number of H-pyrrole nitrogens is 1. The number of para-hydroxylation sites is 1. The van der Waals surface area contributed by atoms with E-state index in [-0.39, 0.29) is 11.4 Å². The highest BCUT2D eigenvalue weighted by atomic mass is 19.4. The first-order chi connectivity index (χ1) is 12.8. The molecule has 0 spiro atoms. The first kappa shape index (κ1) is 18.4. The van der Waals surface area contributed by atoms with Crippen molar-refractivity contribution in [2.75, 3.05) is 0 Å². The highest BCUT2D eigenvalue weighted by molar-refractivity contribution is 5.68. The topological polar surface area (TPSA) is 55.0 Å². The van der Waals surface area contributed by atoms with E-state index in [1.54, 1.807) is 35.3 Å². The second-order valence-electron chi connectivity index (χ2n) is 5.46. The molecule has 0 fully saturated rings. The average Bonchev–Trinajstić information content (AvgIpc) is 2.62. The standard InChI is InChI=1S/C19H12F4N2O2/c20-15-9-7-12(10-16(15)27-14-4-2-1-3-5-14)6-8-13-11-17(19(21,22)23)25-18(26)24-13/h1-11H,(H,24,25,26)/b8-6+. The van der Waals surface area contributed by atoms with Crippen molar-refractivity contribution < 1.29 is 22.3 Å². The molecule has 1 N–H and O–H groups in total. The summed E-state index contributed by atoms with van der Waals surface area (Å²) in [6, 6.07) is 13.2. The van der Waals surface area contributed by atoms with Crippen LogP contribution in [0.2, 0.25) is 0 Å². The smallest absolute Gasteiger partial charge is 0.431 e. The molecule has 0 saturated heterocycles. The Bertz CT molecular complexity index is 1030. The van der Waals surface area contributed by atoms with Gasteiger partial charge in [0.25, 0.3) is 0 Å². The van der Waals surface area contributed by atoms with Crippen LogP contribution in [0.4, 0.5) is 17.6 Å². The van der Waals surface area contributed by atoms with Crippen LogP contribution in [0.15, 0.2) is 59.4 Å². The number of nitrogens with one attached hydrogen (secondary N) is 1. The fraction of sp³-hybridized carbons (Fsp3) is 0.0526. The Balaban J connectivity index is 1.87. The van der Waals surface area contributed by atoms with E-state index in [0.717, 1.165) is 0 Å². The number of alkyl halides is 3. The molecule has 0 radical (unpaired) electrons. The highest BCUT2D eigenvalue weighted by Gasteiger charge is 2.32. The molecule has 0 saturated carbocycles. The predicted octanol–water partition coefficient (Wildman–Crippen LogP) is 4.89. The van der Waals surface area contributed by atoms with Gasteiger partial charge in [0.1, 0.15) is 11.4 Å². The van der Waals surface area contributed by atoms with Gasteiger partial charge >= 0.3 is 11.9 Å². The van der Waals surface area contributed by atoms with E-state index in [0.29, 0.717) is 17.4 Å². The Morgan fingerprint density at radius 2 is 1.74 bits per heavy atom. The molecular weight excluding hydrogens is 364 g/mol. The predicted molar refractivity (Wildman–Crippen MR) is 91.7 cm³/mol. The van der Waals surface area contributed by atoms with E-state index in [1.807, 2.05) is 0 Å². The van der Waals surface area contributed by atoms with Crippen molar-refractivity contribution in [3.8, 4) is 11.5 Å². The third-order valence-electron chi connectivity index (χ3n) is 3.44. The molecule has 0 amide bonds. The number of halogens is 4. The molecule has 0 aliphatic carbocycles. The Morgan fingerprint density at radius 3 is 2.44 bits per heavy atom. The van der Waals surface area contributed by atoms with Crippen LogP contribution in [-0.2, 0) is 6.18 Å². The summed E-state index contributed by atoms with van der Waals surface area (Å²) in [5.74, 6) is -0.202. The molecule has 138 valence electrons. The molecule has 1 heterocycles. The quantitative estimate of drug-likeness (QED) is 0.660. The zero-order chi connectivity index (χ0) is 19.4. The molecule has 27 heavy (non-hydrogen) atoms. The van der Waals surface area contributed by atoms with Gasteiger partial charge in [-0.15, -0.1) is 0 Å². The van der Waals surface area contributed by atoms with Crippen LogP contribution in [0.1, 0.15) is 17.0 Å². The van der Waals surface area contributed by atoms with E-state index in [1.165, 1.54) is 30.4 Å². The molecule has 8 heteroatoms. The Kier molecular flexibility index (Phi) is 5.07. The van der Waals surface area contributed by atoms with Crippen LogP contribution < -0.4 is 10.4 Å². The average molecular weight is 376 g/mol. The molecule has 0 atom stereocenters. The maximum atomic E-state index is 13.9. The van der Waals surface area contributed by atoms with Gasteiger partial charge in [0.2, 0.25) is 0 Å². The summed E-state index contributed by atoms with van der Waals surface area (Å²) in [5, 5.41) is 0. The Morgan fingerprint density at radius 1 is 1.00 bits per heavy atom. The number of aromatic nitrogens is 2. The number of hydrogen-bond acceptors (Lipinski definition) is 3. The lowest BCUT2D eigenvalue weighted by Crippen LogP contribution is -2.19. The third kappa shape index (κ3) is 4.81. The van der Waals surface area contributed by atoms with Gasteiger partial charge in [0.05, 0.1) is 5.69 Å². The minimum Gasteiger partial charge on any atom is -0.454 e. The lowest BCUT2D eigenvalue weighted by Gasteiger charge is -2.07. The maximum absolute atomic E-state index is 13.9. The molecule has 3 rings (SSSR count). The number of hydrogen-bond donors (Lipinski definition) is 1. The number of rotatable bonds is 4. The molecular formula is C19H12F4N2O2. The molecule has 0 aliphatic heterocycles. The maximum Gasteiger partial charge on any atom is 0.431 e. The summed E-state index contributed by atoms with van der Waals surface area (Å²) >= 11 is 0. The summed E-state index contributed by atoms with van der Waals surface area (Å²) in [7, 11) is 0. The van der Waals surface area contributed by atoms with E-state index in [2.05, 4.69) is 4.98 Å². The van der Waals surface area contributed by atoms with Crippen molar-refractivity contribution in [3.05, 3.63) is 87.9 Å². The molecule has 3 aromatic rings. The van der Waals surface area contributed by atoms with E-state index in [9.17, 15) is 22.4 Å². The molecule has 1 aromatic heterocycles. The molecule has 0 aliphatic rings. The second kappa shape index (κ2) is 7.45. The van der Waals surface area contributed by atoms with Crippen molar-refractivity contribution in [2.45, 2.75) is 6.18 Å². The minimum absolute atomic E-state index is 0.0433. The third-order valence-corrected chi connectivity index (χ3v) is 3.44. The van der Waals surface area contributed by atoms with E-state index >= 15 is 0 Å². The second-order valence-corrected chi connectivity index (χ2v) is 5.46. The van der Waals surface area contributed by atoms with Crippen molar-refractivity contribution >= 4 is 12.2 Å². The summed E-state index contributed by atoms with van der Waals surface area (Å²) < 4.78 is 57.6. The van der Waals surface area contributed by atoms with Crippen LogP contribution in [0, 0.1) is 5.82 Å². The normalized spacial score (nSPS) is 11.7. The van der Waals surface area contributed by atoms with Crippen LogP contribution in [0.25, 0.3) is 12.2 Å². The zero-order valence-electron chi connectivity index (χ0n) is 13.6. The van der Waals surface area contributed by atoms with Crippen LogP contribution >= 0.6 is 0 Å². The number of nitrogens with zero attached hydrogens (tertiary/aromatic N) is 1. The van der Waals surface area contributed by atoms with Gasteiger partial charge in [-0.2, -0.15) is 18.2 Å². The van der Waals surface area contributed by atoms with Gasteiger partial charge in [-0.3, -0.25) is 0 Å². The van der Waals surface area contributed by atoms with Crippen LogP contribution in [-0.4, -0.2) is 9.97 Å². The van der Waals surface area contributed by atoms with Gasteiger partial charge in [-0.25, -0.2) is 9.18 Å². The minimum atomic E-state index is -4.70. The highest BCUT2D eigenvalue weighted by Crippen LogP contribution is 2.28. The summed E-state index contributed by atoms with van der Waals surface area (Å²) in [4.78, 5) is 16.4. The number of ether oxygens (including phenoxy) is 1. The Labute approximate surface area is 150 Å². The molecule has 0 bridgehead atoms. The zero-order valence-corrected chi connectivity index (χ0v) is 13.6. The van der Waals surface area contributed by atoms with Crippen molar-refractivity contribution in [1.82, 2.24) is 9.97 Å². The molecule has 0 unspecified atom stereocenters. The molecule has 2 aromatic carbocycles. The van der Waals surface area contributed by atoms with Crippen molar-refractivity contribution in [3.63, 3.8) is 0 Å². The van der Waals surface area contributed by atoms with Gasteiger partial charge in [-0.05, 0) is 42.0 Å². The fourth-order valence-electron chi connectivity index (χ4n) is 2.21. The molecule has 4 nitrogen and oxygen atoms in total. The van der Waals surface area contributed by atoms with Gasteiger partial charge in [-0.1, -0.05) is 30.3 Å². The fourth-order valence-corrected chi connectivity index (χ4v) is 2.21. The van der Waals surface area contributed by atoms with Crippen molar-refractivity contribution in [1.29, 1.82) is 0 Å². The lowest BCUT2D eigenvalue weighted by atomic mass is 10.1. The van der Waals surface area contributed by atoms with Gasteiger partial charge < -0.3 is 9.72 Å². The largest absolute Gasteiger partial charge is 0.454 e. The first-order valence-electron chi connectivity index (χ1n) is 7.70. The SMILES string of the molecule is O=c1nc(/C=C/c2ccc(F)c(Oc3ccccc3)c2)cc(C(F)(F)F)[nH]1. The van der Waals surface area contributed by atoms with Crippen LogP contribution in [0.5, 0.6) is 11.5 Å². The van der Waals surface area contributed by atoms with E-state index in [4.69, 9.17) is 4.74 Å².